The SMILES string of the molecule is CC1=CC(Br)CC=C(Br)C1C. The van der Waals surface area contributed by atoms with E-state index in [1.807, 2.05) is 0 Å². The minimum absolute atomic E-state index is 0.514. The zero-order valence-electron chi connectivity index (χ0n) is 6.77. The van der Waals surface area contributed by atoms with Crippen molar-refractivity contribution in [1.29, 1.82) is 0 Å². The Labute approximate surface area is 85.0 Å². The monoisotopic (exact) mass is 278 g/mol. The van der Waals surface area contributed by atoms with Crippen LogP contribution in [0, 0.1) is 5.92 Å². The lowest BCUT2D eigenvalue weighted by Crippen LogP contribution is -1.95. The number of rotatable bonds is 0. The Kier molecular flexibility index (Phi) is 3.38. The van der Waals surface area contributed by atoms with E-state index in [4.69, 9.17) is 0 Å². The maximum Gasteiger partial charge on any atom is 0.0362 e. The molecular formula is C9H12Br2. The molecule has 0 heterocycles. The molecule has 0 aromatic carbocycles. The molecule has 2 heteroatoms. The van der Waals surface area contributed by atoms with Crippen LogP contribution >= 0.6 is 31.9 Å². The van der Waals surface area contributed by atoms with Gasteiger partial charge < -0.3 is 0 Å². The van der Waals surface area contributed by atoms with Crippen molar-refractivity contribution in [1.82, 2.24) is 0 Å². The first-order chi connectivity index (χ1) is 5.11. The molecular weight excluding hydrogens is 268 g/mol. The molecule has 0 saturated carbocycles. The highest BCUT2D eigenvalue weighted by atomic mass is 79.9. The Morgan fingerprint density at radius 2 is 2.18 bits per heavy atom. The van der Waals surface area contributed by atoms with E-state index in [0.717, 1.165) is 6.42 Å². The third kappa shape index (κ3) is 2.45. The van der Waals surface area contributed by atoms with Gasteiger partial charge in [0.05, 0.1) is 0 Å². The first-order valence-electron chi connectivity index (χ1n) is 3.79. The first kappa shape index (κ1) is 9.53. The summed E-state index contributed by atoms with van der Waals surface area (Å²) in [6.45, 7) is 4.40. The molecule has 0 fully saturated rings. The number of allylic oxidation sites excluding steroid dienone is 4. The summed E-state index contributed by atoms with van der Waals surface area (Å²) < 4.78 is 1.31. The van der Waals surface area contributed by atoms with E-state index in [9.17, 15) is 0 Å². The zero-order chi connectivity index (χ0) is 8.43. The van der Waals surface area contributed by atoms with Gasteiger partial charge in [0.2, 0.25) is 0 Å². The molecule has 1 rings (SSSR count). The van der Waals surface area contributed by atoms with Gasteiger partial charge in [-0.2, -0.15) is 0 Å². The van der Waals surface area contributed by atoms with Crippen molar-refractivity contribution in [3.63, 3.8) is 0 Å². The summed E-state index contributed by atoms with van der Waals surface area (Å²) in [6.07, 6.45) is 5.62. The van der Waals surface area contributed by atoms with Crippen LogP contribution in [0.5, 0.6) is 0 Å². The summed E-state index contributed by atoms with van der Waals surface area (Å²) >= 11 is 7.16. The maximum absolute atomic E-state index is 3.59. The molecule has 0 amide bonds. The second-order valence-electron chi connectivity index (χ2n) is 2.97. The Hall–Kier alpha value is 0.440. The number of hydrogen-bond acceptors (Lipinski definition) is 0. The van der Waals surface area contributed by atoms with Gasteiger partial charge in [-0.3, -0.25) is 0 Å². The Morgan fingerprint density at radius 3 is 2.82 bits per heavy atom. The van der Waals surface area contributed by atoms with Crippen molar-refractivity contribution in [2.24, 2.45) is 5.92 Å². The third-order valence-electron chi connectivity index (χ3n) is 2.08. The minimum Gasteiger partial charge on any atom is -0.0842 e. The molecule has 0 bridgehead atoms. The van der Waals surface area contributed by atoms with Gasteiger partial charge in [-0.1, -0.05) is 56.5 Å². The van der Waals surface area contributed by atoms with Crippen LogP contribution in [0.15, 0.2) is 22.2 Å². The molecule has 2 unspecified atom stereocenters. The van der Waals surface area contributed by atoms with Crippen LogP contribution in [0.3, 0.4) is 0 Å². The summed E-state index contributed by atoms with van der Waals surface area (Å²) in [7, 11) is 0. The molecule has 2 atom stereocenters. The second kappa shape index (κ2) is 3.90. The lowest BCUT2D eigenvalue weighted by Gasteiger charge is -2.08. The fraction of sp³-hybridized carbons (Fsp3) is 0.556. The van der Waals surface area contributed by atoms with E-state index >= 15 is 0 Å². The topological polar surface area (TPSA) is 0 Å². The summed E-state index contributed by atoms with van der Waals surface area (Å²) in [4.78, 5) is 0.514. The van der Waals surface area contributed by atoms with Gasteiger partial charge in [0.1, 0.15) is 0 Å². The Bertz CT molecular complexity index is 204. The van der Waals surface area contributed by atoms with Crippen LogP contribution in [0.1, 0.15) is 20.3 Å². The molecule has 0 nitrogen and oxygen atoms in total. The molecule has 1 aliphatic carbocycles. The largest absolute Gasteiger partial charge is 0.0842 e. The summed E-state index contributed by atoms with van der Waals surface area (Å²) in [5, 5.41) is 0. The molecule has 0 spiro atoms. The molecule has 0 aliphatic heterocycles. The Morgan fingerprint density at radius 1 is 1.55 bits per heavy atom. The van der Waals surface area contributed by atoms with E-state index in [-0.39, 0.29) is 0 Å². The smallest absolute Gasteiger partial charge is 0.0362 e. The van der Waals surface area contributed by atoms with Crippen molar-refractivity contribution in [2.45, 2.75) is 25.1 Å². The summed E-state index contributed by atoms with van der Waals surface area (Å²) in [5.41, 5.74) is 1.44. The van der Waals surface area contributed by atoms with E-state index < -0.39 is 0 Å². The number of hydrogen-bond donors (Lipinski definition) is 0. The normalized spacial score (nSPS) is 32.4. The van der Waals surface area contributed by atoms with Crippen molar-refractivity contribution in [3.8, 4) is 0 Å². The highest BCUT2D eigenvalue weighted by molar-refractivity contribution is 9.11. The van der Waals surface area contributed by atoms with E-state index in [2.05, 4.69) is 57.9 Å². The van der Waals surface area contributed by atoms with E-state index in [1.54, 1.807) is 0 Å². The summed E-state index contributed by atoms with van der Waals surface area (Å²) in [6, 6.07) is 0. The fourth-order valence-corrected chi connectivity index (χ4v) is 2.27. The van der Waals surface area contributed by atoms with E-state index in [0.29, 0.717) is 10.7 Å². The number of alkyl halides is 1. The standard InChI is InChI=1S/C9H12Br2/c1-6-5-8(10)3-4-9(11)7(6)2/h4-5,7-8H,3H2,1-2H3. The molecule has 0 radical (unpaired) electrons. The van der Waals surface area contributed by atoms with Crippen LogP contribution in [0.2, 0.25) is 0 Å². The van der Waals surface area contributed by atoms with Gasteiger partial charge in [0, 0.05) is 10.7 Å². The van der Waals surface area contributed by atoms with Gasteiger partial charge in [0.15, 0.2) is 0 Å². The Balaban J connectivity index is 2.86. The van der Waals surface area contributed by atoms with Gasteiger partial charge in [-0.25, -0.2) is 0 Å². The van der Waals surface area contributed by atoms with Crippen LogP contribution in [0.25, 0.3) is 0 Å². The van der Waals surface area contributed by atoms with Gasteiger partial charge >= 0.3 is 0 Å². The van der Waals surface area contributed by atoms with Gasteiger partial charge in [-0.05, 0) is 17.8 Å². The first-order valence-corrected chi connectivity index (χ1v) is 5.50. The summed E-state index contributed by atoms with van der Waals surface area (Å²) in [5.74, 6) is 0.553. The lowest BCUT2D eigenvalue weighted by atomic mass is 10.0. The van der Waals surface area contributed by atoms with Gasteiger partial charge in [0.25, 0.3) is 0 Å². The van der Waals surface area contributed by atoms with E-state index in [1.165, 1.54) is 10.1 Å². The average Bonchev–Trinajstić information content (AvgIpc) is 2.05. The van der Waals surface area contributed by atoms with Crippen LogP contribution in [0.4, 0.5) is 0 Å². The van der Waals surface area contributed by atoms with Crippen LogP contribution < -0.4 is 0 Å². The van der Waals surface area contributed by atoms with Crippen LogP contribution in [-0.2, 0) is 0 Å². The zero-order valence-corrected chi connectivity index (χ0v) is 9.94. The molecule has 1 aliphatic rings. The van der Waals surface area contributed by atoms with Crippen molar-refractivity contribution in [3.05, 3.63) is 22.2 Å². The maximum atomic E-state index is 3.59. The molecule has 0 N–H and O–H groups in total. The second-order valence-corrected chi connectivity index (χ2v) is 5.06. The molecule has 11 heavy (non-hydrogen) atoms. The third-order valence-corrected chi connectivity index (χ3v) is 3.73. The van der Waals surface area contributed by atoms with Crippen LogP contribution in [-0.4, -0.2) is 4.83 Å². The highest BCUT2D eigenvalue weighted by Gasteiger charge is 2.13. The number of halogens is 2. The minimum atomic E-state index is 0.514. The molecule has 0 saturated heterocycles. The van der Waals surface area contributed by atoms with Crippen molar-refractivity contribution in [2.75, 3.05) is 0 Å². The predicted octanol–water partition coefficient (Wildman–Crippen LogP) is 4.01. The predicted molar refractivity (Wildman–Crippen MR) is 57.3 cm³/mol. The molecule has 62 valence electrons. The average molecular weight is 280 g/mol. The molecule has 0 aromatic heterocycles. The van der Waals surface area contributed by atoms with Crippen molar-refractivity contribution < 1.29 is 0 Å². The highest BCUT2D eigenvalue weighted by Crippen LogP contribution is 2.30. The van der Waals surface area contributed by atoms with Crippen molar-refractivity contribution >= 4 is 31.9 Å². The lowest BCUT2D eigenvalue weighted by molar-refractivity contribution is 0.852. The quantitative estimate of drug-likeness (QED) is 0.464. The van der Waals surface area contributed by atoms with Gasteiger partial charge in [-0.15, -0.1) is 0 Å². The fourth-order valence-electron chi connectivity index (χ4n) is 1.12. The molecule has 0 aromatic rings.